The number of amidine groups is 1. The number of nitrogens with one attached hydrogen (secondary N) is 1. The minimum absolute atomic E-state index is 0.0897. The molecule has 3 amide bonds. The summed E-state index contributed by atoms with van der Waals surface area (Å²) >= 11 is 5.97. The molecule has 1 aliphatic carbocycles. The van der Waals surface area contributed by atoms with Crippen molar-refractivity contribution in [3.05, 3.63) is 99.9 Å². The Kier molecular flexibility index (Phi) is 27.8. The first-order valence-electron chi connectivity index (χ1n) is 18.4. The molecule has 0 bridgehead atoms. The van der Waals surface area contributed by atoms with Crippen molar-refractivity contribution >= 4 is 48.1 Å². The molecule has 1 fully saturated rings. The minimum Gasteiger partial charge on any atom is -0.484 e. The molecule has 15 heteroatoms. The molecule has 0 spiro atoms. The van der Waals surface area contributed by atoms with Gasteiger partial charge in [-0.2, -0.15) is 4.99 Å². The lowest BCUT2D eigenvalue weighted by Gasteiger charge is -2.19. The van der Waals surface area contributed by atoms with Gasteiger partial charge in [-0.15, -0.1) is 12.8 Å². The number of fused-ring (bicyclic) bond motifs is 1. The van der Waals surface area contributed by atoms with Gasteiger partial charge in [0, 0.05) is 63.7 Å². The maximum Gasteiger partial charge on any atom is 0.279 e. The first-order chi connectivity index (χ1) is 27.5. The number of hydrogen-bond donors (Lipinski definition) is 3. The number of rotatable bonds is 10. The Bertz CT molecular complexity index is 1750. The van der Waals surface area contributed by atoms with Gasteiger partial charge in [0.05, 0.1) is 23.5 Å². The average molecular weight is 807 g/mol. The van der Waals surface area contributed by atoms with E-state index in [1.807, 2.05) is 51.8 Å². The Hall–Kier alpha value is -6.07. The standard InChI is InChI=1S/C16H22ClN3O3.C11H13NO.C8H9N3O.C3H7NO.C2H6.C2H2/c17-13-6-3-4-7-14(13)22-12-15(18)19-23-11-10-20-9-5-1-2-8-16(20)21;1-8-6-9-7-10(12-2)4-3-5-11(9)13-8;1-6-2-3-7(4-10-6)8(12)11-5-9;1-4(2)3-5;2*1-2/h3-4,6-7H,1-2,5,8-12H2,(H2,18,19);3-4,6-7,12H,5H2,1-2H3;2-5H,1H3,(H2,9,11,12);3H,1-2H3;1-2H3;1-2H. The van der Waals surface area contributed by atoms with Crippen molar-refractivity contribution in [2.45, 2.75) is 59.8 Å². The van der Waals surface area contributed by atoms with Crippen LogP contribution < -0.4 is 21.5 Å². The molecule has 3 heterocycles. The summed E-state index contributed by atoms with van der Waals surface area (Å²) < 4.78 is 11.0. The maximum atomic E-state index is 11.8. The highest BCUT2D eigenvalue weighted by molar-refractivity contribution is 6.32. The summed E-state index contributed by atoms with van der Waals surface area (Å²) in [4.78, 5) is 48.0. The second kappa shape index (κ2) is 31.2. The van der Waals surface area contributed by atoms with Crippen LogP contribution in [-0.4, -0.2) is 92.6 Å². The number of pyridine rings is 1. The van der Waals surface area contributed by atoms with Crippen molar-refractivity contribution in [1.82, 2.24) is 20.1 Å². The number of furan rings is 1. The predicted octanol–water partition coefficient (Wildman–Crippen LogP) is 6.17. The second-order valence-corrected chi connectivity index (χ2v) is 12.3. The number of aryl methyl sites for hydroxylation is 2. The van der Waals surface area contributed by atoms with E-state index in [1.54, 1.807) is 38.4 Å². The molecule has 0 radical (unpaired) electrons. The molecule has 57 heavy (non-hydrogen) atoms. The van der Waals surface area contributed by atoms with Crippen LogP contribution in [0.5, 0.6) is 5.75 Å². The number of carbonyl (C=O) groups is 3. The first-order valence-corrected chi connectivity index (χ1v) is 18.8. The van der Waals surface area contributed by atoms with Crippen LogP contribution in [0.15, 0.2) is 81.1 Å². The predicted molar refractivity (Wildman–Crippen MR) is 230 cm³/mol. The third-order valence-electron chi connectivity index (χ3n) is 7.24. The summed E-state index contributed by atoms with van der Waals surface area (Å²) in [5.74, 6) is 2.61. The van der Waals surface area contributed by atoms with Gasteiger partial charge >= 0.3 is 0 Å². The lowest BCUT2D eigenvalue weighted by molar-refractivity contribution is -0.131. The van der Waals surface area contributed by atoms with Crippen LogP contribution in [0.4, 0.5) is 0 Å². The molecular formula is C42H59ClN8O6. The molecule has 2 aliphatic rings. The molecule has 14 nitrogen and oxygen atoms in total. The van der Waals surface area contributed by atoms with Crippen LogP contribution in [0.25, 0.3) is 6.08 Å². The van der Waals surface area contributed by atoms with Gasteiger partial charge in [-0.1, -0.05) is 55.2 Å². The zero-order valence-electron chi connectivity index (χ0n) is 34.2. The summed E-state index contributed by atoms with van der Waals surface area (Å²) in [5.41, 5.74) is 14.3. The van der Waals surface area contributed by atoms with Gasteiger partial charge < -0.3 is 40.6 Å². The van der Waals surface area contributed by atoms with E-state index >= 15 is 0 Å². The lowest BCUT2D eigenvalue weighted by Crippen LogP contribution is -2.33. The monoisotopic (exact) mass is 806 g/mol. The molecule has 1 saturated heterocycles. The first kappa shape index (κ1) is 50.9. The third kappa shape index (κ3) is 22.2. The van der Waals surface area contributed by atoms with E-state index in [4.69, 9.17) is 37.1 Å². The quantitative estimate of drug-likeness (QED) is 0.0534. The third-order valence-corrected chi connectivity index (χ3v) is 7.56. The number of nitrogens with zero attached hydrogens (tertiary/aromatic N) is 5. The number of hydrogen-bond acceptors (Lipinski definition) is 9. The highest BCUT2D eigenvalue weighted by Gasteiger charge is 2.16. The highest BCUT2D eigenvalue weighted by Crippen LogP contribution is 2.23. The van der Waals surface area contributed by atoms with E-state index < -0.39 is 0 Å². The number of amides is 3. The number of carbonyl (C=O) groups excluding carboxylic acids is 3. The molecule has 2 aromatic heterocycles. The van der Waals surface area contributed by atoms with Crippen molar-refractivity contribution in [3.63, 3.8) is 0 Å². The van der Waals surface area contributed by atoms with Crippen molar-refractivity contribution in [1.29, 1.82) is 0 Å². The van der Waals surface area contributed by atoms with E-state index in [0.717, 1.165) is 67.9 Å². The van der Waals surface area contributed by atoms with Crippen LogP contribution in [0.2, 0.25) is 5.02 Å². The molecule has 5 rings (SSSR count). The normalized spacial score (nSPS) is 12.8. The number of likely N-dealkylation sites (tertiary alicyclic amines) is 1. The van der Waals surface area contributed by atoms with Gasteiger partial charge in [0.1, 0.15) is 30.5 Å². The number of para-hydroxylation sites is 1. The Labute approximate surface area is 343 Å². The van der Waals surface area contributed by atoms with E-state index in [2.05, 4.69) is 57.6 Å². The van der Waals surface area contributed by atoms with Crippen LogP contribution in [0.1, 0.15) is 72.7 Å². The fraction of sp³-hybridized carbons (Fsp3) is 0.381. The van der Waals surface area contributed by atoms with Gasteiger partial charge in [-0.25, -0.2) is 0 Å². The Morgan fingerprint density at radius 1 is 1.14 bits per heavy atom. The number of benzene rings is 1. The molecular weight excluding hydrogens is 748 g/mol. The summed E-state index contributed by atoms with van der Waals surface area (Å²) in [6.45, 7) is 9.55. The number of aromatic nitrogens is 1. The Balaban J connectivity index is 0.000000786. The second-order valence-electron chi connectivity index (χ2n) is 11.9. The number of halogens is 1. The highest BCUT2D eigenvalue weighted by atomic mass is 35.5. The largest absolute Gasteiger partial charge is 0.484 e. The fourth-order valence-electron chi connectivity index (χ4n) is 4.56. The Morgan fingerprint density at radius 2 is 1.84 bits per heavy atom. The maximum absolute atomic E-state index is 11.8. The molecule has 0 unspecified atom stereocenters. The Morgan fingerprint density at radius 3 is 2.46 bits per heavy atom. The molecule has 310 valence electrons. The number of allylic oxidation sites excluding steroid dienone is 2. The van der Waals surface area contributed by atoms with Crippen LogP contribution >= 0.6 is 11.6 Å². The van der Waals surface area contributed by atoms with Gasteiger partial charge in [-0.3, -0.25) is 19.4 Å². The molecule has 0 saturated carbocycles. The topological polar surface area (TPSA) is 191 Å². The van der Waals surface area contributed by atoms with Gasteiger partial charge in [0.15, 0.2) is 5.84 Å². The average Bonchev–Trinajstić information content (AvgIpc) is 3.33. The summed E-state index contributed by atoms with van der Waals surface area (Å²) in [5, 5.41) is 7.43. The molecule has 1 aliphatic heterocycles. The number of aliphatic imine (C=N–C) groups is 1. The van der Waals surface area contributed by atoms with E-state index in [1.165, 1.54) is 16.7 Å². The zero-order valence-corrected chi connectivity index (χ0v) is 35.0. The number of ether oxygens (including phenoxy) is 1. The number of terminal acetylenes is 1. The number of nitrogens with two attached hydrogens (primary N) is 2. The van der Waals surface area contributed by atoms with Crippen LogP contribution in [0.3, 0.4) is 0 Å². The van der Waals surface area contributed by atoms with Crippen molar-refractivity contribution < 1.29 is 28.4 Å². The van der Waals surface area contributed by atoms with Crippen LogP contribution in [-0.2, 0) is 20.8 Å². The van der Waals surface area contributed by atoms with Gasteiger partial charge in [-0.05, 0) is 69.2 Å². The molecule has 0 atom stereocenters. The lowest BCUT2D eigenvalue weighted by atomic mass is 10.2. The summed E-state index contributed by atoms with van der Waals surface area (Å²) in [7, 11) is 5.30. The number of oxime groups is 1. The molecule has 3 aromatic rings. The van der Waals surface area contributed by atoms with E-state index in [9.17, 15) is 14.4 Å². The van der Waals surface area contributed by atoms with Crippen molar-refractivity contribution in [2.75, 3.05) is 47.4 Å². The SMILES string of the molecule is C#C.CC.CN(C)C=O.CNC1=Cc2cc(C)oc2CC=C1.Cc1ccc(C(=O)N=CN)cn1.N/C(COc1ccccc1Cl)=N\OCCN1CCCCCC1=O. The minimum atomic E-state index is -0.370. The molecule has 5 N–H and O–H groups in total. The summed E-state index contributed by atoms with van der Waals surface area (Å²) in [6, 6.07) is 12.6. The fourth-order valence-corrected chi connectivity index (χ4v) is 4.75. The summed E-state index contributed by atoms with van der Waals surface area (Å²) in [6.07, 6.45) is 22.1. The van der Waals surface area contributed by atoms with E-state index in [0.29, 0.717) is 35.9 Å². The number of likely N-dealkylation sites (N-methyl/N-ethyl adjacent to an activating group) is 1. The van der Waals surface area contributed by atoms with Gasteiger partial charge in [0.2, 0.25) is 12.3 Å². The van der Waals surface area contributed by atoms with Gasteiger partial charge in [0.25, 0.3) is 5.91 Å². The smallest absolute Gasteiger partial charge is 0.279 e. The van der Waals surface area contributed by atoms with Crippen molar-refractivity contribution in [2.24, 2.45) is 21.6 Å². The molecule has 1 aromatic carbocycles. The van der Waals surface area contributed by atoms with Crippen molar-refractivity contribution in [3.8, 4) is 18.6 Å². The van der Waals surface area contributed by atoms with Crippen LogP contribution in [0, 0.1) is 26.7 Å². The zero-order chi connectivity index (χ0) is 43.0. The van der Waals surface area contributed by atoms with E-state index in [-0.39, 0.29) is 24.3 Å².